The van der Waals surface area contributed by atoms with Gasteiger partial charge in [0.1, 0.15) is 17.9 Å². The van der Waals surface area contributed by atoms with Crippen LogP contribution in [0.2, 0.25) is 0 Å². The highest BCUT2D eigenvalue weighted by Gasteiger charge is 2.37. The van der Waals surface area contributed by atoms with Gasteiger partial charge in [-0.1, -0.05) is 5.16 Å². The molecule has 1 aliphatic heterocycles. The molecular weight excluding hydrogens is 384 g/mol. The van der Waals surface area contributed by atoms with Crippen LogP contribution in [-0.4, -0.2) is 52.7 Å². The van der Waals surface area contributed by atoms with E-state index in [9.17, 15) is 23.5 Å². The van der Waals surface area contributed by atoms with Gasteiger partial charge in [-0.15, -0.1) is 0 Å². The molecule has 0 radical (unpaired) electrons. The number of likely N-dealkylation sites (tertiary alicyclic amines) is 1. The van der Waals surface area contributed by atoms with Crippen molar-refractivity contribution in [1.29, 1.82) is 0 Å². The molecule has 1 aromatic carbocycles. The molecule has 2 aromatic rings. The second kappa shape index (κ2) is 7.90. The highest BCUT2D eigenvalue weighted by molar-refractivity contribution is 5.99. The molecular formula is C20H21F2N3O4. The number of carboxylic acid groups (broad SMARTS) is 1. The Bertz CT molecular complexity index is 928. The third kappa shape index (κ3) is 4.29. The molecule has 2 atom stereocenters. The summed E-state index contributed by atoms with van der Waals surface area (Å²) < 4.78 is 32.1. The molecule has 2 heterocycles. The lowest BCUT2D eigenvalue weighted by atomic mass is 9.91. The molecule has 29 heavy (non-hydrogen) atoms. The van der Waals surface area contributed by atoms with Gasteiger partial charge in [0.25, 0.3) is 5.91 Å². The lowest BCUT2D eigenvalue weighted by Gasteiger charge is -2.36. The molecule has 154 valence electrons. The zero-order valence-electron chi connectivity index (χ0n) is 15.6. The minimum Gasteiger partial charge on any atom is -0.481 e. The van der Waals surface area contributed by atoms with Gasteiger partial charge in [-0.2, -0.15) is 0 Å². The SMILES string of the molecule is O=C(N[C@H]1CCN(CC2CC2)C[C@@H]1C(=O)O)c1nocc1-c1ccc(F)cc1F. The first kappa shape index (κ1) is 19.5. The van der Waals surface area contributed by atoms with E-state index in [1.807, 2.05) is 0 Å². The van der Waals surface area contributed by atoms with E-state index < -0.39 is 35.5 Å². The van der Waals surface area contributed by atoms with Crippen molar-refractivity contribution in [2.75, 3.05) is 19.6 Å². The molecule has 9 heteroatoms. The van der Waals surface area contributed by atoms with Gasteiger partial charge in [-0.05, 0) is 37.3 Å². The highest BCUT2D eigenvalue weighted by atomic mass is 19.1. The van der Waals surface area contributed by atoms with Crippen LogP contribution >= 0.6 is 0 Å². The fourth-order valence-corrected chi connectivity index (χ4v) is 3.81. The summed E-state index contributed by atoms with van der Waals surface area (Å²) >= 11 is 0. The topological polar surface area (TPSA) is 95.7 Å². The van der Waals surface area contributed by atoms with Crippen LogP contribution in [0.15, 0.2) is 29.0 Å². The van der Waals surface area contributed by atoms with Gasteiger partial charge in [0.05, 0.1) is 11.5 Å². The van der Waals surface area contributed by atoms with Crippen molar-refractivity contribution in [2.45, 2.75) is 25.3 Å². The molecule has 0 bridgehead atoms. The van der Waals surface area contributed by atoms with E-state index >= 15 is 0 Å². The Morgan fingerprint density at radius 2 is 2.03 bits per heavy atom. The predicted octanol–water partition coefficient (Wildman–Crippen LogP) is 2.53. The summed E-state index contributed by atoms with van der Waals surface area (Å²) in [7, 11) is 0. The molecule has 2 N–H and O–H groups in total. The summed E-state index contributed by atoms with van der Waals surface area (Å²) in [6.45, 7) is 1.96. The zero-order chi connectivity index (χ0) is 20.5. The van der Waals surface area contributed by atoms with Crippen molar-refractivity contribution in [3.63, 3.8) is 0 Å². The summed E-state index contributed by atoms with van der Waals surface area (Å²) in [6, 6.07) is 2.41. The maximum absolute atomic E-state index is 14.1. The number of rotatable bonds is 6. The number of nitrogens with one attached hydrogen (secondary N) is 1. The van der Waals surface area contributed by atoms with Crippen molar-refractivity contribution in [1.82, 2.24) is 15.4 Å². The van der Waals surface area contributed by atoms with Crippen LogP contribution < -0.4 is 5.32 Å². The van der Waals surface area contributed by atoms with Crippen LogP contribution in [0, 0.1) is 23.5 Å². The first-order chi connectivity index (χ1) is 13.9. The van der Waals surface area contributed by atoms with Crippen LogP contribution in [0.1, 0.15) is 29.8 Å². The molecule has 0 spiro atoms. The number of carbonyl (C=O) groups excluding carboxylic acids is 1. The van der Waals surface area contributed by atoms with E-state index in [0.717, 1.165) is 18.9 Å². The van der Waals surface area contributed by atoms with E-state index in [0.29, 0.717) is 31.5 Å². The molecule has 0 unspecified atom stereocenters. The summed E-state index contributed by atoms with van der Waals surface area (Å²) in [5.41, 5.74) is -0.107. The van der Waals surface area contributed by atoms with Crippen LogP contribution in [-0.2, 0) is 4.79 Å². The maximum atomic E-state index is 14.1. The minimum atomic E-state index is -0.972. The van der Waals surface area contributed by atoms with Gasteiger partial charge in [-0.25, -0.2) is 8.78 Å². The second-order valence-corrected chi connectivity index (χ2v) is 7.72. The number of aliphatic carboxylic acids is 1. The Morgan fingerprint density at radius 3 is 2.72 bits per heavy atom. The molecule has 1 aliphatic carbocycles. The maximum Gasteiger partial charge on any atom is 0.309 e. The summed E-state index contributed by atoms with van der Waals surface area (Å²) in [5, 5.41) is 16.0. The Labute approximate surface area is 165 Å². The summed E-state index contributed by atoms with van der Waals surface area (Å²) in [5.74, 6) is -3.30. The number of halogens is 2. The molecule has 1 amide bonds. The number of piperidine rings is 1. The molecule has 1 saturated carbocycles. The van der Waals surface area contributed by atoms with E-state index in [2.05, 4.69) is 15.4 Å². The normalized spacial score (nSPS) is 22.4. The molecule has 2 fully saturated rings. The fraction of sp³-hybridized carbons (Fsp3) is 0.450. The smallest absolute Gasteiger partial charge is 0.309 e. The summed E-state index contributed by atoms with van der Waals surface area (Å²) in [6.07, 6.45) is 3.97. The van der Waals surface area contributed by atoms with E-state index in [1.165, 1.54) is 18.9 Å². The van der Waals surface area contributed by atoms with Crippen molar-refractivity contribution in [3.05, 3.63) is 41.8 Å². The average Bonchev–Trinajstić information content (AvgIpc) is 3.35. The highest BCUT2D eigenvalue weighted by Crippen LogP contribution is 2.32. The number of hydrogen-bond acceptors (Lipinski definition) is 5. The first-order valence-corrected chi connectivity index (χ1v) is 9.58. The largest absolute Gasteiger partial charge is 0.481 e. The van der Waals surface area contributed by atoms with Crippen molar-refractivity contribution >= 4 is 11.9 Å². The third-order valence-corrected chi connectivity index (χ3v) is 5.55. The first-order valence-electron chi connectivity index (χ1n) is 9.58. The van der Waals surface area contributed by atoms with Gasteiger partial charge >= 0.3 is 5.97 Å². The van der Waals surface area contributed by atoms with Crippen LogP contribution in [0.4, 0.5) is 8.78 Å². The van der Waals surface area contributed by atoms with Crippen LogP contribution in [0.3, 0.4) is 0 Å². The Balaban J connectivity index is 1.49. The van der Waals surface area contributed by atoms with Gasteiger partial charge in [0.15, 0.2) is 5.69 Å². The van der Waals surface area contributed by atoms with E-state index in [4.69, 9.17) is 4.52 Å². The number of carboxylic acids is 1. The quantitative estimate of drug-likeness (QED) is 0.767. The van der Waals surface area contributed by atoms with E-state index in [-0.39, 0.29) is 16.8 Å². The van der Waals surface area contributed by atoms with Gasteiger partial charge < -0.3 is 19.8 Å². The molecule has 2 aliphatic rings. The summed E-state index contributed by atoms with van der Waals surface area (Å²) in [4.78, 5) is 26.6. The van der Waals surface area contributed by atoms with Gasteiger partial charge in [0.2, 0.25) is 0 Å². The number of hydrogen-bond donors (Lipinski definition) is 2. The third-order valence-electron chi connectivity index (χ3n) is 5.55. The molecule has 7 nitrogen and oxygen atoms in total. The number of carbonyl (C=O) groups is 2. The number of nitrogens with zero attached hydrogens (tertiary/aromatic N) is 2. The van der Waals surface area contributed by atoms with E-state index in [1.54, 1.807) is 0 Å². The number of aromatic nitrogens is 1. The van der Waals surface area contributed by atoms with Crippen molar-refractivity contribution in [3.8, 4) is 11.1 Å². The van der Waals surface area contributed by atoms with Gasteiger partial charge in [-0.3, -0.25) is 9.59 Å². The molecule has 1 aromatic heterocycles. The monoisotopic (exact) mass is 405 g/mol. The lowest BCUT2D eigenvalue weighted by molar-refractivity contribution is -0.144. The lowest BCUT2D eigenvalue weighted by Crippen LogP contribution is -2.54. The predicted molar refractivity (Wildman–Crippen MR) is 98.0 cm³/mol. The van der Waals surface area contributed by atoms with Gasteiger partial charge in [0, 0.05) is 37.3 Å². The Morgan fingerprint density at radius 1 is 1.24 bits per heavy atom. The fourth-order valence-electron chi connectivity index (χ4n) is 3.81. The second-order valence-electron chi connectivity index (χ2n) is 7.72. The Kier molecular flexibility index (Phi) is 5.31. The van der Waals surface area contributed by atoms with Crippen molar-refractivity contribution < 1.29 is 28.0 Å². The Hall–Kier alpha value is -2.81. The zero-order valence-corrected chi connectivity index (χ0v) is 15.6. The standard InChI is InChI=1S/C20H21F2N3O4/c21-12-3-4-13(16(22)7-12)15-10-29-24-18(15)19(26)23-17-5-6-25(8-11-1-2-11)9-14(17)20(27)28/h3-4,7,10-11,14,17H,1-2,5-6,8-9H2,(H,23,26)(H,27,28)/t14-,17-/m0/s1. The molecule has 4 rings (SSSR count). The minimum absolute atomic E-state index is 0.0214. The number of amides is 1. The van der Waals surface area contributed by atoms with Crippen LogP contribution in [0.25, 0.3) is 11.1 Å². The molecule has 1 saturated heterocycles. The van der Waals surface area contributed by atoms with Crippen LogP contribution in [0.5, 0.6) is 0 Å². The average molecular weight is 405 g/mol. The van der Waals surface area contributed by atoms with Crippen molar-refractivity contribution in [2.24, 2.45) is 11.8 Å². The number of benzene rings is 1.